The molecule has 1 aromatic rings. The summed E-state index contributed by atoms with van der Waals surface area (Å²) in [6.45, 7) is 2.42. The van der Waals surface area contributed by atoms with E-state index in [1.54, 1.807) is 0 Å². The van der Waals surface area contributed by atoms with Crippen LogP contribution in [0.2, 0.25) is 0 Å². The molecule has 0 aromatic heterocycles. The van der Waals surface area contributed by atoms with Gasteiger partial charge in [-0.2, -0.15) is 0 Å². The van der Waals surface area contributed by atoms with Crippen LogP contribution in [0.15, 0.2) is 12.1 Å². The molecule has 0 saturated heterocycles. The molecule has 0 bridgehead atoms. The number of hydrogen-bond donors (Lipinski definition) is 1. The van der Waals surface area contributed by atoms with E-state index in [4.69, 9.17) is 9.47 Å². The third-order valence-corrected chi connectivity index (χ3v) is 3.44. The third kappa shape index (κ3) is 1.55. The van der Waals surface area contributed by atoms with Gasteiger partial charge in [-0.25, -0.2) is 0 Å². The maximum absolute atomic E-state index is 9.98. The molecule has 0 spiro atoms. The van der Waals surface area contributed by atoms with Gasteiger partial charge in [0.1, 0.15) is 0 Å². The first-order chi connectivity index (χ1) is 7.72. The molecule has 1 aromatic carbocycles. The fourth-order valence-corrected chi connectivity index (χ4v) is 2.30. The molecule has 86 valence electrons. The first-order valence-corrected chi connectivity index (χ1v) is 5.84. The minimum Gasteiger partial charge on any atom is -0.454 e. The summed E-state index contributed by atoms with van der Waals surface area (Å²) in [6.07, 6.45) is 3.50. The molecular formula is C13H16O3. The van der Waals surface area contributed by atoms with E-state index in [0.29, 0.717) is 6.79 Å². The van der Waals surface area contributed by atoms with Gasteiger partial charge in [0.25, 0.3) is 0 Å². The molecule has 3 rings (SSSR count). The van der Waals surface area contributed by atoms with E-state index in [1.807, 2.05) is 6.07 Å². The highest BCUT2D eigenvalue weighted by Gasteiger charge is 2.41. The monoisotopic (exact) mass is 220 g/mol. The molecule has 0 atom stereocenters. The van der Waals surface area contributed by atoms with E-state index < -0.39 is 5.60 Å². The Morgan fingerprint density at radius 1 is 1.31 bits per heavy atom. The average Bonchev–Trinajstić information content (AvgIpc) is 2.80. The third-order valence-electron chi connectivity index (χ3n) is 3.44. The molecule has 1 saturated carbocycles. The summed E-state index contributed by atoms with van der Waals surface area (Å²) in [6, 6.07) is 4.01. The maximum Gasteiger partial charge on any atom is 0.231 e. The van der Waals surface area contributed by atoms with Crippen LogP contribution < -0.4 is 9.47 Å². The van der Waals surface area contributed by atoms with Crippen molar-refractivity contribution in [2.24, 2.45) is 0 Å². The summed E-state index contributed by atoms with van der Waals surface area (Å²) in [7, 11) is 0. The van der Waals surface area contributed by atoms with Crippen molar-refractivity contribution in [2.45, 2.75) is 38.2 Å². The number of benzene rings is 1. The van der Waals surface area contributed by atoms with Crippen LogP contribution in [0, 0.1) is 0 Å². The second-order valence-corrected chi connectivity index (χ2v) is 4.69. The van der Waals surface area contributed by atoms with Crippen LogP contribution >= 0.6 is 0 Å². The van der Waals surface area contributed by atoms with Crippen LogP contribution in [0.25, 0.3) is 0 Å². The standard InChI is InChI=1S/C13H16O3/c1-2-10-9(7-13(14)5-6-13)3-4-11-12(10)16-8-15-11/h3-4,14H,2,5-8H2,1H3. The van der Waals surface area contributed by atoms with E-state index in [9.17, 15) is 5.11 Å². The molecule has 0 radical (unpaired) electrons. The zero-order valence-electron chi connectivity index (χ0n) is 9.45. The minimum atomic E-state index is -0.447. The van der Waals surface area contributed by atoms with Gasteiger partial charge in [0.05, 0.1) is 5.60 Å². The number of rotatable bonds is 3. The lowest BCUT2D eigenvalue weighted by atomic mass is 9.97. The van der Waals surface area contributed by atoms with E-state index in [-0.39, 0.29) is 0 Å². The van der Waals surface area contributed by atoms with Gasteiger partial charge in [0.2, 0.25) is 6.79 Å². The smallest absolute Gasteiger partial charge is 0.231 e. The lowest BCUT2D eigenvalue weighted by Crippen LogP contribution is -2.12. The Kier molecular flexibility index (Phi) is 2.11. The zero-order valence-corrected chi connectivity index (χ0v) is 9.45. The summed E-state index contributed by atoms with van der Waals surface area (Å²) in [5.74, 6) is 1.72. The Bertz CT molecular complexity index is 421. The summed E-state index contributed by atoms with van der Waals surface area (Å²) < 4.78 is 10.8. The molecule has 16 heavy (non-hydrogen) atoms. The molecule has 1 heterocycles. The molecule has 3 heteroatoms. The van der Waals surface area contributed by atoms with Crippen molar-refractivity contribution in [3.05, 3.63) is 23.3 Å². The lowest BCUT2D eigenvalue weighted by molar-refractivity contribution is 0.150. The Labute approximate surface area is 95.0 Å². The SMILES string of the molecule is CCc1c(CC2(O)CC2)ccc2c1OCO2. The van der Waals surface area contributed by atoms with Crippen molar-refractivity contribution in [1.82, 2.24) is 0 Å². The van der Waals surface area contributed by atoms with Crippen molar-refractivity contribution in [2.75, 3.05) is 6.79 Å². The van der Waals surface area contributed by atoms with Gasteiger partial charge in [-0.1, -0.05) is 13.0 Å². The highest BCUT2D eigenvalue weighted by Crippen LogP contribution is 2.43. The Morgan fingerprint density at radius 2 is 2.12 bits per heavy atom. The van der Waals surface area contributed by atoms with Crippen LogP contribution in [0.4, 0.5) is 0 Å². The fraction of sp³-hybridized carbons (Fsp3) is 0.538. The Hall–Kier alpha value is -1.22. The molecule has 1 aliphatic heterocycles. The molecule has 2 aliphatic rings. The quantitative estimate of drug-likeness (QED) is 0.847. The highest BCUT2D eigenvalue weighted by molar-refractivity contribution is 5.52. The van der Waals surface area contributed by atoms with Crippen molar-refractivity contribution >= 4 is 0 Å². The van der Waals surface area contributed by atoms with Crippen molar-refractivity contribution in [3.63, 3.8) is 0 Å². The van der Waals surface area contributed by atoms with Crippen LogP contribution in [0.5, 0.6) is 11.5 Å². The second-order valence-electron chi connectivity index (χ2n) is 4.69. The normalized spacial score (nSPS) is 19.9. The van der Waals surface area contributed by atoms with Crippen LogP contribution in [0.1, 0.15) is 30.9 Å². The summed E-state index contributed by atoms with van der Waals surface area (Å²) >= 11 is 0. The number of aliphatic hydroxyl groups is 1. The highest BCUT2D eigenvalue weighted by atomic mass is 16.7. The molecule has 0 unspecified atom stereocenters. The van der Waals surface area contributed by atoms with Gasteiger partial charge < -0.3 is 14.6 Å². The summed E-state index contributed by atoms with van der Waals surface area (Å²) in [5, 5.41) is 9.98. The van der Waals surface area contributed by atoms with Gasteiger partial charge in [0, 0.05) is 12.0 Å². The predicted molar refractivity (Wildman–Crippen MR) is 59.8 cm³/mol. The molecule has 1 aliphatic carbocycles. The zero-order chi connectivity index (χ0) is 11.2. The van der Waals surface area contributed by atoms with Crippen molar-refractivity contribution in [1.29, 1.82) is 0 Å². The number of hydrogen-bond acceptors (Lipinski definition) is 3. The van der Waals surface area contributed by atoms with E-state index in [1.165, 1.54) is 11.1 Å². The predicted octanol–water partition coefficient (Wildman–Crippen LogP) is 2.05. The largest absolute Gasteiger partial charge is 0.454 e. The van der Waals surface area contributed by atoms with Gasteiger partial charge in [-0.15, -0.1) is 0 Å². The van der Waals surface area contributed by atoms with E-state index in [2.05, 4.69) is 13.0 Å². The average molecular weight is 220 g/mol. The van der Waals surface area contributed by atoms with Gasteiger partial charge in [-0.05, 0) is 30.9 Å². The van der Waals surface area contributed by atoms with E-state index in [0.717, 1.165) is 37.2 Å². The molecule has 1 fully saturated rings. The molecular weight excluding hydrogens is 204 g/mol. The summed E-state index contributed by atoms with van der Waals surface area (Å²) in [4.78, 5) is 0. The van der Waals surface area contributed by atoms with E-state index >= 15 is 0 Å². The van der Waals surface area contributed by atoms with Crippen molar-refractivity contribution < 1.29 is 14.6 Å². The number of ether oxygens (including phenoxy) is 2. The molecule has 1 N–H and O–H groups in total. The first-order valence-electron chi connectivity index (χ1n) is 5.84. The van der Waals surface area contributed by atoms with Gasteiger partial charge in [0.15, 0.2) is 11.5 Å². The first kappa shape index (κ1) is 9.97. The van der Waals surface area contributed by atoms with Gasteiger partial charge in [-0.3, -0.25) is 0 Å². The Balaban J connectivity index is 1.98. The minimum absolute atomic E-state index is 0.316. The fourth-order valence-electron chi connectivity index (χ4n) is 2.30. The van der Waals surface area contributed by atoms with Crippen LogP contribution in [-0.2, 0) is 12.8 Å². The lowest BCUT2D eigenvalue weighted by Gasteiger charge is -2.13. The second kappa shape index (κ2) is 3.39. The van der Waals surface area contributed by atoms with Crippen LogP contribution in [-0.4, -0.2) is 17.5 Å². The van der Waals surface area contributed by atoms with Gasteiger partial charge >= 0.3 is 0 Å². The summed E-state index contributed by atoms with van der Waals surface area (Å²) in [5.41, 5.74) is 1.94. The van der Waals surface area contributed by atoms with Crippen LogP contribution in [0.3, 0.4) is 0 Å². The molecule has 3 nitrogen and oxygen atoms in total. The molecule has 0 amide bonds. The number of fused-ring (bicyclic) bond motifs is 1. The Morgan fingerprint density at radius 3 is 2.81 bits per heavy atom. The topological polar surface area (TPSA) is 38.7 Å². The maximum atomic E-state index is 9.98. The van der Waals surface area contributed by atoms with Crippen molar-refractivity contribution in [3.8, 4) is 11.5 Å².